The Bertz CT molecular complexity index is 1180. The summed E-state index contributed by atoms with van der Waals surface area (Å²) in [7, 11) is 0. The quantitative estimate of drug-likeness (QED) is 0.202. The number of hydrogen-bond donors (Lipinski definition) is 0. The number of ether oxygens (including phenoxy) is 2. The van der Waals surface area contributed by atoms with Crippen molar-refractivity contribution in [2.24, 2.45) is 5.92 Å². The number of rotatable bonds is 6. The number of carbonyl (C=O) groups is 3. The summed E-state index contributed by atoms with van der Waals surface area (Å²) >= 11 is 0. The molecule has 33 heavy (non-hydrogen) atoms. The van der Waals surface area contributed by atoms with Crippen LogP contribution in [0.3, 0.4) is 0 Å². The van der Waals surface area contributed by atoms with E-state index in [0.717, 1.165) is 17.7 Å². The second kappa shape index (κ2) is 9.20. The van der Waals surface area contributed by atoms with Gasteiger partial charge < -0.3 is 9.47 Å². The van der Waals surface area contributed by atoms with E-state index in [2.05, 4.69) is 20.8 Å². The lowest BCUT2D eigenvalue weighted by molar-refractivity contribution is -0.385. The van der Waals surface area contributed by atoms with Gasteiger partial charge in [0.25, 0.3) is 0 Å². The first-order valence-corrected chi connectivity index (χ1v) is 10.2. The van der Waals surface area contributed by atoms with Crippen LogP contribution in [0.4, 0.5) is 5.69 Å². The van der Waals surface area contributed by atoms with E-state index in [1.807, 2.05) is 12.1 Å². The van der Waals surface area contributed by atoms with Gasteiger partial charge in [-0.2, -0.15) is 0 Å². The Hall–Kier alpha value is -4.07. The lowest BCUT2D eigenvalue weighted by atomic mass is 9.87. The monoisotopic (exact) mass is 449 g/mol. The molecule has 1 aliphatic heterocycles. The van der Waals surface area contributed by atoms with Gasteiger partial charge in [0.05, 0.1) is 4.92 Å². The first-order chi connectivity index (χ1) is 15.5. The highest BCUT2D eigenvalue weighted by Gasteiger charge is 2.36. The van der Waals surface area contributed by atoms with Crippen LogP contribution in [-0.4, -0.2) is 22.5 Å². The minimum Gasteiger partial charge on any atom is -0.450 e. The Morgan fingerprint density at radius 1 is 1.12 bits per heavy atom. The maximum Gasteiger partial charge on any atom is 0.329 e. The predicted molar refractivity (Wildman–Crippen MR) is 121 cm³/mol. The predicted octanol–water partition coefficient (Wildman–Crippen LogP) is 4.91. The average molecular weight is 449 g/mol. The second-order valence-electron chi connectivity index (χ2n) is 8.61. The molecule has 3 rings (SSSR count). The Kier molecular flexibility index (Phi) is 6.57. The van der Waals surface area contributed by atoms with E-state index in [0.29, 0.717) is 11.3 Å². The highest BCUT2D eigenvalue weighted by Crippen LogP contribution is 2.33. The molecule has 0 N–H and O–H groups in total. The Morgan fingerprint density at radius 3 is 2.36 bits per heavy atom. The zero-order valence-corrected chi connectivity index (χ0v) is 18.7. The molecule has 1 atom stereocenters. The number of allylic oxidation sites excluding steroid dienone is 3. The van der Waals surface area contributed by atoms with Gasteiger partial charge in [0, 0.05) is 12.1 Å². The fourth-order valence-corrected chi connectivity index (χ4v) is 3.19. The van der Waals surface area contributed by atoms with Crippen LogP contribution >= 0.6 is 0 Å². The number of esters is 1. The van der Waals surface area contributed by atoms with Crippen molar-refractivity contribution >= 4 is 29.3 Å². The topological polar surface area (TPSA) is 113 Å². The van der Waals surface area contributed by atoms with Crippen LogP contribution in [0.2, 0.25) is 0 Å². The molecule has 0 fully saturated rings. The first kappa shape index (κ1) is 23.6. The molecule has 8 nitrogen and oxygen atoms in total. The third kappa shape index (κ3) is 5.60. The van der Waals surface area contributed by atoms with Gasteiger partial charge in [-0.3, -0.25) is 24.5 Å². The number of benzene rings is 2. The van der Waals surface area contributed by atoms with Crippen molar-refractivity contribution in [2.45, 2.75) is 33.1 Å². The molecular weight excluding hydrogens is 426 g/mol. The molecule has 1 heterocycles. The number of nitro benzene ring substituents is 1. The van der Waals surface area contributed by atoms with Gasteiger partial charge in [0.2, 0.25) is 5.75 Å². The van der Waals surface area contributed by atoms with Crippen molar-refractivity contribution in [1.82, 2.24) is 0 Å². The normalized spacial score (nSPS) is 16.4. The molecule has 1 unspecified atom stereocenters. The zero-order chi connectivity index (χ0) is 24.3. The highest BCUT2D eigenvalue weighted by atomic mass is 16.6. The average Bonchev–Trinajstić information content (AvgIpc) is 2.72. The van der Waals surface area contributed by atoms with E-state index in [1.54, 1.807) is 12.1 Å². The fraction of sp³-hybridized carbons (Fsp3) is 0.240. The summed E-state index contributed by atoms with van der Waals surface area (Å²) in [6, 6.07) is 11.5. The summed E-state index contributed by atoms with van der Waals surface area (Å²) in [5, 5.41) is 11.6. The van der Waals surface area contributed by atoms with Gasteiger partial charge in [-0.15, -0.1) is 0 Å². The van der Waals surface area contributed by atoms with Crippen LogP contribution in [0.5, 0.6) is 11.5 Å². The number of ketones is 2. The van der Waals surface area contributed by atoms with E-state index in [4.69, 9.17) is 9.47 Å². The van der Waals surface area contributed by atoms with Crippen molar-refractivity contribution in [2.75, 3.05) is 0 Å². The minimum atomic E-state index is -1.57. The minimum absolute atomic E-state index is 0.0377. The molecular formula is C25H23NO7. The van der Waals surface area contributed by atoms with Crippen molar-refractivity contribution in [3.05, 3.63) is 81.6 Å². The summed E-state index contributed by atoms with van der Waals surface area (Å²) in [5.41, 5.74) is 1.09. The molecule has 0 aliphatic carbocycles. The lowest BCUT2D eigenvalue weighted by Gasteiger charge is -2.19. The number of nitrogens with zero attached hydrogens (tertiary/aromatic N) is 1. The fourth-order valence-electron chi connectivity index (χ4n) is 3.19. The molecule has 2 aromatic rings. The number of carbonyl (C=O) groups excluding carboxylic acids is 3. The molecule has 0 bridgehead atoms. The van der Waals surface area contributed by atoms with Crippen LogP contribution in [-0.2, 0) is 24.5 Å². The molecule has 0 saturated heterocycles. The van der Waals surface area contributed by atoms with Gasteiger partial charge in [-0.25, -0.2) is 0 Å². The molecule has 0 aromatic heterocycles. The van der Waals surface area contributed by atoms with E-state index in [-0.39, 0.29) is 22.6 Å². The molecule has 8 heteroatoms. The lowest BCUT2D eigenvalue weighted by Crippen LogP contribution is -2.34. The molecule has 0 radical (unpaired) electrons. The third-order valence-corrected chi connectivity index (χ3v) is 4.98. The Balaban J connectivity index is 1.80. The summed E-state index contributed by atoms with van der Waals surface area (Å²) in [6.07, 6.45) is 3.41. The number of hydrogen-bond acceptors (Lipinski definition) is 7. The smallest absolute Gasteiger partial charge is 0.329 e. The summed E-state index contributed by atoms with van der Waals surface area (Å²) < 4.78 is 10.5. The summed E-state index contributed by atoms with van der Waals surface area (Å²) in [6.45, 7) is 7.68. The van der Waals surface area contributed by atoms with Crippen molar-refractivity contribution in [1.29, 1.82) is 0 Å². The SMILES string of the molecule is CC1=CC(=O)C(C(=O)/C=C/c2ccc(Oc3ccc(C(C)(C)C)cc3)c([N+](=O)[O-])c2)C(=O)O1. The van der Waals surface area contributed by atoms with Crippen molar-refractivity contribution < 1.29 is 28.8 Å². The van der Waals surface area contributed by atoms with E-state index < -0.39 is 28.4 Å². The summed E-state index contributed by atoms with van der Waals surface area (Å²) in [5.74, 6) is -3.33. The van der Waals surface area contributed by atoms with Gasteiger partial charge in [0.15, 0.2) is 17.5 Å². The zero-order valence-electron chi connectivity index (χ0n) is 18.7. The first-order valence-electron chi connectivity index (χ1n) is 10.2. The largest absolute Gasteiger partial charge is 0.450 e. The highest BCUT2D eigenvalue weighted by molar-refractivity contribution is 6.25. The van der Waals surface area contributed by atoms with Crippen LogP contribution in [0.1, 0.15) is 38.8 Å². The second-order valence-corrected chi connectivity index (χ2v) is 8.61. The van der Waals surface area contributed by atoms with Gasteiger partial charge in [0.1, 0.15) is 11.5 Å². The molecule has 0 spiro atoms. The standard InChI is InChI=1S/C25H23NO7/c1-15-13-21(28)23(24(29)32-15)20(27)11-5-16-6-12-22(19(14-16)26(30)31)33-18-9-7-17(8-10-18)25(2,3)4/h5-14,23H,1-4H3/b11-5+. The molecule has 0 saturated carbocycles. The Labute approximate surface area is 190 Å². The van der Waals surface area contributed by atoms with Crippen molar-refractivity contribution in [3.8, 4) is 11.5 Å². The van der Waals surface area contributed by atoms with Crippen LogP contribution in [0.25, 0.3) is 6.08 Å². The van der Waals surface area contributed by atoms with Crippen molar-refractivity contribution in [3.63, 3.8) is 0 Å². The van der Waals surface area contributed by atoms with Crippen LogP contribution < -0.4 is 4.74 Å². The number of cyclic esters (lactones) is 1. The van der Waals surface area contributed by atoms with E-state index in [1.165, 1.54) is 31.2 Å². The van der Waals surface area contributed by atoms with Crippen LogP contribution in [0, 0.1) is 16.0 Å². The van der Waals surface area contributed by atoms with Gasteiger partial charge in [-0.1, -0.05) is 45.0 Å². The molecule has 2 aromatic carbocycles. The van der Waals surface area contributed by atoms with E-state index in [9.17, 15) is 24.5 Å². The maximum absolute atomic E-state index is 12.3. The summed E-state index contributed by atoms with van der Waals surface area (Å²) in [4.78, 5) is 47.1. The third-order valence-electron chi connectivity index (χ3n) is 4.98. The van der Waals surface area contributed by atoms with Crippen LogP contribution in [0.15, 0.2) is 60.4 Å². The van der Waals surface area contributed by atoms with Gasteiger partial charge >= 0.3 is 11.7 Å². The maximum atomic E-state index is 12.3. The Morgan fingerprint density at radius 2 is 1.79 bits per heavy atom. The van der Waals surface area contributed by atoms with E-state index >= 15 is 0 Å². The number of nitro groups is 1. The molecule has 0 amide bonds. The van der Waals surface area contributed by atoms with Gasteiger partial charge in [-0.05, 0) is 47.7 Å². The molecule has 1 aliphatic rings. The molecule has 170 valence electrons.